The zero-order valence-electron chi connectivity index (χ0n) is 8.58. The number of rotatable bonds is 7. The second-order valence-electron chi connectivity index (χ2n) is 2.70. The van der Waals surface area contributed by atoms with Crippen molar-refractivity contribution in [2.24, 2.45) is 5.73 Å². The van der Waals surface area contributed by atoms with Gasteiger partial charge in [0.2, 0.25) is 5.91 Å². The Morgan fingerprint density at radius 1 is 1.31 bits per heavy atom. The van der Waals surface area contributed by atoms with Crippen LogP contribution in [0.2, 0.25) is 5.54 Å². The van der Waals surface area contributed by atoms with E-state index in [1.165, 1.54) is 0 Å². The zero-order chi connectivity index (χ0) is 10.3. The molecule has 0 aliphatic rings. The highest BCUT2D eigenvalue weighted by atomic mass is 28.3. The Bertz CT molecular complexity index is 148. The van der Waals surface area contributed by atoms with Gasteiger partial charge in [-0.3, -0.25) is 4.79 Å². The zero-order valence-corrected chi connectivity index (χ0v) is 9.73. The lowest BCUT2D eigenvalue weighted by Gasteiger charge is -2.20. The molecule has 0 aromatic rings. The third kappa shape index (κ3) is 4.40. The predicted octanol–water partition coefficient (Wildman–Crippen LogP) is 0.545. The molecule has 0 bridgehead atoms. The highest BCUT2D eigenvalue weighted by Crippen LogP contribution is 2.16. The molecule has 0 aromatic heterocycles. The Balaban J connectivity index is 4.20. The Labute approximate surface area is 81.2 Å². The normalized spacial score (nSPS) is 13.2. The van der Waals surface area contributed by atoms with Crippen molar-refractivity contribution in [2.45, 2.75) is 32.7 Å². The Hall–Kier alpha value is -0.393. The summed E-state index contributed by atoms with van der Waals surface area (Å²) in [5, 5.41) is 0. The van der Waals surface area contributed by atoms with Crippen molar-refractivity contribution in [1.29, 1.82) is 0 Å². The monoisotopic (exact) mass is 205 g/mol. The first kappa shape index (κ1) is 12.6. The number of hydrogen-bond donors (Lipinski definition) is 1. The van der Waals surface area contributed by atoms with Crippen molar-refractivity contribution < 1.29 is 13.6 Å². The molecular formula is C8H19NO3Si. The highest BCUT2D eigenvalue weighted by molar-refractivity contribution is 6.51. The summed E-state index contributed by atoms with van der Waals surface area (Å²) >= 11 is 0. The van der Waals surface area contributed by atoms with Gasteiger partial charge in [0, 0.05) is 13.2 Å². The number of carbonyl (C=O) groups is 1. The lowest BCUT2D eigenvalue weighted by atomic mass is 10.3. The SMILES string of the molecule is CCO[SiH](OCC)C(CC)C(N)=O. The Morgan fingerprint density at radius 2 is 1.77 bits per heavy atom. The molecule has 0 radical (unpaired) electrons. The van der Waals surface area contributed by atoms with E-state index in [-0.39, 0.29) is 11.4 Å². The van der Waals surface area contributed by atoms with Gasteiger partial charge in [-0.25, -0.2) is 0 Å². The molecule has 0 saturated carbocycles. The molecular weight excluding hydrogens is 186 g/mol. The quantitative estimate of drug-likeness (QED) is 0.617. The van der Waals surface area contributed by atoms with Gasteiger partial charge in [-0.15, -0.1) is 0 Å². The maximum Gasteiger partial charge on any atom is 0.334 e. The van der Waals surface area contributed by atoms with Gasteiger partial charge in [0.05, 0.1) is 5.54 Å². The van der Waals surface area contributed by atoms with E-state index in [4.69, 9.17) is 14.6 Å². The average molecular weight is 205 g/mol. The first-order valence-corrected chi connectivity index (χ1v) is 6.30. The third-order valence-corrected chi connectivity index (χ3v) is 4.58. The molecule has 1 amide bonds. The van der Waals surface area contributed by atoms with E-state index in [0.29, 0.717) is 19.6 Å². The molecule has 0 spiro atoms. The predicted molar refractivity (Wildman–Crippen MR) is 53.6 cm³/mol. The van der Waals surface area contributed by atoms with Gasteiger partial charge in [0.15, 0.2) is 0 Å². The summed E-state index contributed by atoms with van der Waals surface area (Å²) in [7, 11) is -1.88. The number of nitrogens with two attached hydrogens (primary N) is 1. The third-order valence-electron chi connectivity index (χ3n) is 1.80. The van der Waals surface area contributed by atoms with Crippen LogP contribution in [0.4, 0.5) is 0 Å². The van der Waals surface area contributed by atoms with Gasteiger partial charge in [0.25, 0.3) is 0 Å². The highest BCUT2D eigenvalue weighted by Gasteiger charge is 2.28. The second-order valence-corrected chi connectivity index (χ2v) is 4.90. The minimum absolute atomic E-state index is 0.208. The van der Waals surface area contributed by atoms with Crippen LogP contribution in [0.15, 0.2) is 0 Å². The summed E-state index contributed by atoms with van der Waals surface area (Å²) in [5.74, 6) is -0.305. The van der Waals surface area contributed by atoms with E-state index < -0.39 is 9.28 Å². The Morgan fingerprint density at radius 3 is 2.00 bits per heavy atom. The Kier molecular flexibility index (Phi) is 6.84. The summed E-state index contributed by atoms with van der Waals surface area (Å²) in [5.41, 5.74) is 5.04. The molecule has 78 valence electrons. The van der Waals surface area contributed by atoms with Crippen molar-refractivity contribution in [3.8, 4) is 0 Å². The van der Waals surface area contributed by atoms with E-state index in [1.807, 2.05) is 20.8 Å². The minimum atomic E-state index is -1.88. The molecule has 0 fully saturated rings. The number of amides is 1. The second kappa shape index (κ2) is 7.05. The largest absolute Gasteiger partial charge is 0.396 e. The molecule has 1 unspecified atom stereocenters. The lowest BCUT2D eigenvalue weighted by molar-refractivity contribution is -0.118. The smallest absolute Gasteiger partial charge is 0.334 e. The molecule has 0 aliphatic heterocycles. The van der Waals surface area contributed by atoms with Gasteiger partial charge in [-0.05, 0) is 20.3 Å². The number of primary amides is 1. The van der Waals surface area contributed by atoms with Crippen molar-refractivity contribution >= 4 is 15.2 Å². The molecule has 0 saturated heterocycles. The molecule has 4 nitrogen and oxygen atoms in total. The van der Waals surface area contributed by atoms with Crippen LogP contribution in [0.25, 0.3) is 0 Å². The van der Waals surface area contributed by atoms with Crippen molar-refractivity contribution in [3.63, 3.8) is 0 Å². The maximum absolute atomic E-state index is 11.0. The fourth-order valence-corrected chi connectivity index (χ4v) is 3.01. The fourth-order valence-electron chi connectivity index (χ4n) is 1.14. The summed E-state index contributed by atoms with van der Waals surface area (Å²) in [6.45, 7) is 6.88. The van der Waals surface area contributed by atoms with Crippen LogP contribution in [0.5, 0.6) is 0 Å². The number of hydrogen-bond acceptors (Lipinski definition) is 3. The topological polar surface area (TPSA) is 61.6 Å². The summed E-state index contributed by atoms with van der Waals surface area (Å²) in [6, 6.07) is 0. The van der Waals surface area contributed by atoms with Gasteiger partial charge < -0.3 is 14.6 Å². The van der Waals surface area contributed by atoms with Crippen LogP contribution in [-0.2, 0) is 13.6 Å². The van der Waals surface area contributed by atoms with Gasteiger partial charge >= 0.3 is 9.28 Å². The first-order chi connectivity index (χ1) is 6.17. The molecule has 2 N–H and O–H groups in total. The van der Waals surface area contributed by atoms with E-state index in [2.05, 4.69) is 0 Å². The van der Waals surface area contributed by atoms with Crippen LogP contribution in [0.3, 0.4) is 0 Å². The van der Waals surface area contributed by atoms with E-state index in [0.717, 1.165) is 0 Å². The van der Waals surface area contributed by atoms with Crippen LogP contribution in [0.1, 0.15) is 27.2 Å². The molecule has 5 heteroatoms. The van der Waals surface area contributed by atoms with E-state index in [1.54, 1.807) is 0 Å². The van der Waals surface area contributed by atoms with E-state index >= 15 is 0 Å². The fraction of sp³-hybridized carbons (Fsp3) is 0.875. The molecule has 0 aliphatic carbocycles. The van der Waals surface area contributed by atoms with Crippen LogP contribution < -0.4 is 5.73 Å². The molecule has 0 aromatic carbocycles. The van der Waals surface area contributed by atoms with E-state index in [9.17, 15) is 4.79 Å². The minimum Gasteiger partial charge on any atom is -0.396 e. The van der Waals surface area contributed by atoms with Crippen LogP contribution >= 0.6 is 0 Å². The van der Waals surface area contributed by atoms with Crippen molar-refractivity contribution in [1.82, 2.24) is 0 Å². The molecule has 0 heterocycles. The summed E-state index contributed by atoms with van der Waals surface area (Å²) in [6.07, 6.45) is 0.701. The maximum atomic E-state index is 11.0. The van der Waals surface area contributed by atoms with Gasteiger partial charge in [-0.2, -0.15) is 0 Å². The van der Waals surface area contributed by atoms with Gasteiger partial charge in [0.1, 0.15) is 0 Å². The standard InChI is InChI=1S/C8H19NO3Si/c1-4-7(8(9)10)13(11-5-2)12-6-3/h7,13H,4-6H2,1-3H3,(H2,9,10). The molecule has 13 heavy (non-hydrogen) atoms. The van der Waals surface area contributed by atoms with Crippen molar-refractivity contribution in [2.75, 3.05) is 13.2 Å². The number of carbonyl (C=O) groups excluding carboxylic acids is 1. The first-order valence-electron chi connectivity index (χ1n) is 4.69. The summed E-state index contributed by atoms with van der Waals surface area (Å²) < 4.78 is 10.8. The molecule has 1 atom stereocenters. The van der Waals surface area contributed by atoms with Crippen molar-refractivity contribution in [3.05, 3.63) is 0 Å². The average Bonchev–Trinajstić information content (AvgIpc) is 2.05. The van der Waals surface area contributed by atoms with Crippen LogP contribution in [-0.4, -0.2) is 28.4 Å². The van der Waals surface area contributed by atoms with Gasteiger partial charge in [-0.1, -0.05) is 6.92 Å². The summed E-state index contributed by atoms with van der Waals surface area (Å²) in [4.78, 5) is 11.0. The lowest BCUT2D eigenvalue weighted by Crippen LogP contribution is -2.36. The van der Waals surface area contributed by atoms with Crippen LogP contribution in [0, 0.1) is 0 Å². The molecule has 0 rings (SSSR count).